The molecule has 8 heteroatoms. The molecule has 1 fully saturated rings. The molecule has 0 aliphatic carbocycles. The number of likely N-dealkylation sites (tertiary alicyclic amines) is 1. The third-order valence-corrected chi connectivity index (χ3v) is 3.93. The van der Waals surface area contributed by atoms with Crippen molar-refractivity contribution in [2.75, 3.05) is 13.1 Å². The molecule has 0 spiro atoms. The molecule has 1 saturated heterocycles. The summed E-state index contributed by atoms with van der Waals surface area (Å²) < 4.78 is 0.440. The Hall–Kier alpha value is -1.71. The highest BCUT2D eigenvalue weighted by atomic mass is 127. The fourth-order valence-corrected chi connectivity index (χ4v) is 2.49. The molecule has 0 unspecified atom stereocenters. The average Bonchev–Trinajstić information content (AvgIpc) is 2.92. The molecule has 3 amide bonds. The van der Waals surface area contributed by atoms with Gasteiger partial charge in [0.2, 0.25) is 0 Å². The molecule has 0 atom stereocenters. The number of amides is 3. The van der Waals surface area contributed by atoms with E-state index in [9.17, 15) is 19.7 Å². The van der Waals surface area contributed by atoms with Gasteiger partial charge in [-0.15, -0.1) is 0 Å². The minimum atomic E-state index is -0.624. The molecule has 1 aromatic carbocycles. The van der Waals surface area contributed by atoms with Crippen LogP contribution in [0.3, 0.4) is 0 Å². The first-order valence-electron chi connectivity index (χ1n) is 6.03. The lowest BCUT2D eigenvalue weighted by molar-refractivity contribution is -0.385. The Balaban J connectivity index is 2.11. The highest BCUT2D eigenvalue weighted by molar-refractivity contribution is 14.1. The number of carbonyl (C=O) groups is 2. The summed E-state index contributed by atoms with van der Waals surface area (Å²) in [7, 11) is 0. The molecule has 0 radical (unpaired) electrons. The van der Waals surface area contributed by atoms with Crippen molar-refractivity contribution in [2.24, 2.45) is 0 Å². The van der Waals surface area contributed by atoms with E-state index in [0.717, 1.165) is 12.8 Å². The Morgan fingerprint density at radius 2 is 1.95 bits per heavy atom. The zero-order valence-corrected chi connectivity index (χ0v) is 12.6. The SMILES string of the molecule is O=C(NC(=O)N1CCCC1)c1ccc(I)c([N+](=O)[O-])c1. The second-order valence-electron chi connectivity index (χ2n) is 4.38. The molecule has 1 aliphatic heterocycles. The second kappa shape index (κ2) is 6.16. The molecule has 7 nitrogen and oxygen atoms in total. The summed E-state index contributed by atoms with van der Waals surface area (Å²) in [5.41, 5.74) is -0.0449. The van der Waals surface area contributed by atoms with Gasteiger partial charge in [-0.05, 0) is 47.6 Å². The van der Waals surface area contributed by atoms with Gasteiger partial charge in [-0.2, -0.15) is 0 Å². The number of nitro groups is 1. The third kappa shape index (κ3) is 3.24. The number of hydrogen-bond donors (Lipinski definition) is 1. The van der Waals surface area contributed by atoms with E-state index in [2.05, 4.69) is 5.32 Å². The van der Waals surface area contributed by atoms with Crippen LogP contribution >= 0.6 is 22.6 Å². The number of urea groups is 1. The first kappa shape index (κ1) is 14.7. The number of hydrogen-bond acceptors (Lipinski definition) is 4. The molecule has 1 N–H and O–H groups in total. The number of nitro benzene ring substituents is 1. The van der Waals surface area contributed by atoms with E-state index in [4.69, 9.17) is 0 Å². The lowest BCUT2D eigenvalue weighted by Crippen LogP contribution is -2.41. The average molecular weight is 389 g/mol. The van der Waals surface area contributed by atoms with E-state index >= 15 is 0 Å². The van der Waals surface area contributed by atoms with Crippen molar-refractivity contribution in [2.45, 2.75) is 12.8 Å². The molecule has 1 heterocycles. The molecule has 0 aromatic heterocycles. The van der Waals surface area contributed by atoms with Crippen molar-refractivity contribution >= 4 is 40.2 Å². The van der Waals surface area contributed by atoms with E-state index in [0.29, 0.717) is 16.7 Å². The van der Waals surface area contributed by atoms with Gasteiger partial charge in [-0.25, -0.2) is 4.79 Å². The first-order valence-corrected chi connectivity index (χ1v) is 7.11. The van der Waals surface area contributed by atoms with Gasteiger partial charge in [0.1, 0.15) is 0 Å². The predicted octanol–water partition coefficient (Wildman–Crippen LogP) is 2.15. The van der Waals surface area contributed by atoms with Crippen LogP contribution in [0.2, 0.25) is 0 Å². The zero-order valence-electron chi connectivity index (χ0n) is 10.5. The molecule has 106 valence electrons. The maximum Gasteiger partial charge on any atom is 0.324 e. The Labute approximate surface area is 128 Å². The van der Waals surface area contributed by atoms with Crippen molar-refractivity contribution < 1.29 is 14.5 Å². The van der Waals surface area contributed by atoms with Crippen LogP contribution in [0.4, 0.5) is 10.5 Å². The Morgan fingerprint density at radius 1 is 1.30 bits per heavy atom. The molecule has 0 saturated carbocycles. The minimum Gasteiger partial charge on any atom is -0.324 e. The number of nitrogens with zero attached hydrogens (tertiary/aromatic N) is 2. The number of carbonyl (C=O) groups excluding carboxylic acids is 2. The lowest BCUT2D eigenvalue weighted by Gasteiger charge is -2.15. The van der Waals surface area contributed by atoms with Crippen molar-refractivity contribution in [1.29, 1.82) is 0 Å². The van der Waals surface area contributed by atoms with E-state index in [1.54, 1.807) is 4.90 Å². The van der Waals surface area contributed by atoms with E-state index < -0.39 is 16.9 Å². The highest BCUT2D eigenvalue weighted by Crippen LogP contribution is 2.22. The van der Waals surface area contributed by atoms with E-state index in [1.807, 2.05) is 22.6 Å². The highest BCUT2D eigenvalue weighted by Gasteiger charge is 2.22. The number of halogens is 1. The summed E-state index contributed by atoms with van der Waals surface area (Å²) in [5.74, 6) is -0.624. The first-order chi connectivity index (χ1) is 9.49. The van der Waals surface area contributed by atoms with Gasteiger partial charge >= 0.3 is 6.03 Å². The van der Waals surface area contributed by atoms with Crippen molar-refractivity contribution in [1.82, 2.24) is 10.2 Å². The number of benzene rings is 1. The van der Waals surface area contributed by atoms with Crippen molar-refractivity contribution in [3.05, 3.63) is 37.4 Å². The van der Waals surface area contributed by atoms with Gasteiger partial charge in [-0.1, -0.05) is 0 Å². The molecule has 1 aliphatic rings. The predicted molar refractivity (Wildman–Crippen MR) is 79.5 cm³/mol. The maximum atomic E-state index is 11.9. The van der Waals surface area contributed by atoms with Crippen LogP contribution in [0.15, 0.2) is 18.2 Å². The molecule has 0 bridgehead atoms. The molecular formula is C12H12IN3O4. The second-order valence-corrected chi connectivity index (χ2v) is 5.54. The fourth-order valence-electron chi connectivity index (χ4n) is 1.96. The summed E-state index contributed by atoms with van der Waals surface area (Å²) in [6.45, 7) is 1.26. The van der Waals surface area contributed by atoms with Crippen LogP contribution in [0.1, 0.15) is 23.2 Å². The minimum absolute atomic E-state index is 0.102. The van der Waals surface area contributed by atoms with E-state index in [1.165, 1.54) is 18.2 Å². The van der Waals surface area contributed by atoms with Crippen LogP contribution < -0.4 is 5.32 Å². The topological polar surface area (TPSA) is 92.6 Å². The van der Waals surface area contributed by atoms with Crippen molar-refractivity contribution in [3.63, 3.8) is 0 Å². The van der Waals surface area contributed by atoms with Gasteiger partial charge in [-0.3, -0.25) is 20.2 Å². The van der Waals surface area contributed by atoms with Crippen LogP contribution in [0.25, 0.3) is 0 Å². The van der Waals surface area contributed by atoms with Crippen LogP contribution in [0, 0.1) is 13.7 Å². The van der Waals surface area contributed by atoms with Gasteiger partial charge in [0.05, 0.1) is 8.49 Å². The molecular weight excluding hydrogens is 377 g/mol. The summed E-state index contributed by atoms with van der Waals surface area (Å²) in [4.78, 5) is 35.5. The van der Waals surface area contributed by atoms with E-state index in [-0.39, 0.29) is 11.3 Å². The van der Waals surface area contributed by atoms with Gasteiger partial charge < -0.3 is 4.90 Å². The lowest BCUT2D eigenvalue weighted by atomic mass is 10.2. The smallest absolute Gasteiger partial charge is 0.324 e. The standard InChI is InChI=1S/C12H12IN3O4/c13-9-4-3-8(7-10(9)16(19)20)11(17)14-12(18)15-5-1-2-6-15/h3-4,7H,1-2,5-6H2,(H,14,17,18). The largest absolute Gasteiger partial charge is 0.324 e. The number of rotatable bonds is 2. The normalized spacial score (nSPS) is 14.2. The molecule has 1 aromatic rings. The summed E-state index contributed by atoms with van der Waals surface area (Å²) in [6, 6.07) is 3.66. The molecule has 2 rings (SSSR count). The third-order valence-electron chi connectivity index (χ3n) is 3.02. The van der Waals surface area contributed by atoms with Gasteiger partial charge in [0.25, 0.3) is 11.6 Å². The fraction of sp³-hybridized carbons (Fsp3) is 0.333. The quantitative estimate of drug-likeness (QED) is 0.477. The number of nitrogens with one attached hydrogen (secondary N) is 1. The van der Waals surface area contributed by atoms with Gasteiger partial charge in [0.15, 0.2) is 0 Å². The monoisotopic (exact) mass is 389 g/mol. The summed E-state index contributed by atoms with van der Waals surface area (Å²) >= 11 is 1.82. The number of imide groups is 1. The summed E-state index contributed by atoms with van der Waals surface area (Å²) in [5, 5.41) is 13.1. The summed E-state index contributed by atoms with van der Waals surface area (Å²) in [6.07, 6.45) is 1.85. The van der Waals surface area contributed by atoms with Crippen molar-refractivity contribution in [3.8, 4) is 0 Å². The van der Waals surface area contributed by atoms with Gasteiger partial charge in [0, 0.05) is 24.7 Å². The van der Waals surface area contributed by atoms with Crippen LogP contribution in [0.5, 0.6) is 0 Å². The Morgan fingerprint density at radius 3 is 2.55 bits per heavy atom. The Bertz CT molecular complexity index is 570. The van der Waals surface area contributed by atoms with Crippen LogP contribution in [-0.4, -0.2) is 34.9 Å². The maximum absolute atomic E-state index is 11.9. The Kier molecular flexibility index (Phi) is 4.53. The molecule has 20 heavy (non-hydrogen) atoms. The van der Waals surface area contributed by atoms with Crippen LogP contribution in [-0.2, 0) is 0 Å². The zero-order chi connectivity index (χ0) is 14.7.